The second-order valence-electron chi connectivity index (χ2n) is 6.61. The van der Waals surface area contributed by atoms with Crippen LogP contribution in [0, 0.1) is 0 Å². The van der Waals surface area contributed by atoms with Crippen LogP contribution in [0.3, 0.4) is 0 Å². The third-order valence-electron chi connectivity index (χ3n) is 4.84. The van der Waals surface area contributed by atoms with Gasteiger partial charge in [-0.15, -0.1) is 5.59 Å². The van der Waals surface area contributed by atoms with Crippen LogP contribution in [0.2, 0.25) is 0 Å². The van der Waals surface area contributed by atoms with Crippen molar-refractivity contribution in [3.63, 3.8) is 0 Å². The van der Waals surface area contributed by atoms with Crippen molar-refractivity contribution in [1.29, 1.82) is 0 Å². The van der Waals surface area contributed by atoms with Crippen LogP contribution in [0.1, 0.15) is 89.9 Å². The van der Waals surface area contributed by atoms with Gasteiger partial charge in [-0.3, -0.25) is 4.84 Å². The van der Waals surface area contributed by atoms with Gasteiger partial charge in [0.2, 0.25) is 0 Å². The first-order valence-corrected chi connectivity index (χ1v) is 9.11. The Morgan fingerprint density at radius 1 is 0.650 bits per heavy atom. The smallest absolute Gasteiger partial charge is 0.0698 e. The minimum Gasteiger partial charge on any atom is -0.287 e. The van der Waals surface area contributed by atoms with Crippen LogP contribution in [-0.4, -0.2) is 24.2 Å². The molecule has 0 aromatic heterocycles. The maximum atomic E-state index is 5.68. The third kappa shape index (κ3) is 6.55. The van der Waals surface area contributed by atoms with Gasteiger partial charge in [0, 0.05) is 12.6 Å². The zero-order valence-electron chi connectivity index (χ0n) is 13.2. The number of nitrogens with zero attached hydrogens (tertiary/aromatic N) is 1. The molecule has 20 heavy (non-hydrogen) atoms. The van der Waals surface area contributed by atoms with Gasteiger partial charge < -0.3 is 0 Å². The zero-order valence-corrected chi connectivity index (χ0v) is 13.2. The molecule has 3 heteroatoms. The third-order valence-corrected chi connectivity index (χ3v) is 4.84. The van der Waals surface area contributed by atoms with E-state index in [1.165, 1.54) is 89.9 Å². The number of hydrogen-bond donors (Lipinski definition) is 1. The van der Waals surface area contributed by atoms with Crippen LogP contribution in [-0.2, 0) is 4.84 Å². The molecule has 2 fully saturated rings. The summed E-state index contributed by atoms with van der Waals surface area (Å²) >= 11 is 0. The van der Waals surface area contributed by atoms with Crippen LogP contribution >= 0.6 is 0 Å². The predicted molar refractivity (Wildman–Crippen MR) is 84.2 cm³/mol. The maximum Gasteiger partial charge on any atom is 0.0698 e. The Labute approximate surface area is 125 Å². The molecule has 2 rings (SSSR count). The number of nitrogens with one attached hydrogen (secondary N) is 1. The average molecular weight is 282 g/mol. The molecular weight excluding hydrogens is 248 g/mol. The van der Waals surface area contributed by atoms with Gasteiger partial charge >= 0.3 is 0 Å². The van der Waals surface area contributed by atoms with E-state index in [-0.39, 0.29) is 0 Å². The molecule has 1 saturated heterocycles. The lowest BCUT2D eigenvalue weighted by atomic mass is 9.97. The molecule has 118 valence electrons. The first kappa shape index (κ1) is 16.3. The van der Waals surface area contributed by atoms with E-state index in [2.05, 4.69) is 10.6 Å². The first-order chi connectivity index (χ1) is 9.97. The van der Waals surface area contributed by atoms with Gasteiger partial charge in [-0.1, -0.05) is 64.2 Å². The minimum atomic E-state index is 0.688. The fraction of sp³-hybridized carbons (Fsp3) is 1.00. The van der Waals surface area contributed by atoms with Crippen molar-refractivity contribution in [2.24, 2.45) is 0 Å². The summed E-state index contributed by atoms with van der Waals surface area (Å²) in [6.45, 7) is 2.02. The Balaban J connectivity index is 1.81. The monoisotopic (exact) mass is 282 g/mol. The van der Waals surface area contributed by atoms with Gasteiger partial charge in [0.1, 0.15) is 0 Å². The summed E-state index contributed by atoms with van der Waals surface area (Å²) in [6.07, 6.45) is 19.2. The van der Waals surface area contributed by atoms with E-state index in [1.54, 1.807) is 0 Å². The topological polar surface area (TPSA) is 24.5 Å². The zero-order chi connectivity index (χ0) is 13.9. The van der Waals surface area contributed by atoms with Crippen LogP contribution < -0.4 is 5.59 Å². The summed E-state index contributed by atoms with van der Waals surface area (Å²) in [4.78, 5) is 5.68. The molecule has 1 saturated carbocycles. The average Bonchev–Trinajstić information content (AvgIpc) is 2.50. The quantitative estimate of drug-likeness (QED) is 0.761. The number of rotatable bonds is 1. The molecule has 1 N–H and O–H groups in total. The van der Waals surface area contributed by atoms with Crippen molar-refractivity contribution >= 4 is 0 Å². The van der Waals surface area contributed by atoms with E-state index in [9.17, 15) is 0 Å². The molecule has 0 amide bonds. The highest BCUT2D eigenvalue weighted by Crippen LogP contribution is 2.21. The second-order valence-corrected chi connectivity index (χ2v) is 6.61. The molecule has 1 heterocycles. The van der Waals surface area contributed by atoms with Crippen LogP contribution in [0.4, 0.5) is 0 Å². The van der Waals surface area contributed by atoms with Gasteiger partial charge in [0.25, 0.3) is 0 Å². The molecule has 0 spiro atoms. The largest absolute Gasteiger partial charge is 0.287 e. The lowest BCUT2D eigenvalue weighted by Gasteiger charge is -2.32. The fourth-order valence-corrected chi connectivity index (χ4v) is 3.52. The van der Waals surface area contributed by atoms with Gasteiger partial charge in [-0.25, -0.2) is 5.01 Å². The second kappa shape index (κ2) is 10.6. The Kier molecular flexibility index (Phi) is 8.60. The predicted octanol–water partition coefficient (Wildman–Crippen LogP) is 4.58. The lowest BCUT2D eigenvalue weighted by Crippen LogP contribution is -2.46. The maximum absolute atomic E-state index is 5.68. The summed E-state index contributed by atoms with van der Waals surface area (Å²) in [6, 6.07) is 0.688. The van der Waals surface area contributed by atoms with E-state index in [4.69, 9.17) is 4.84 Å². The Morgan fingerprint density at radius 3 is 1.90 bits per heavy atom. The van der Waals surface area contributed by atoms with Crippen molar-refractivity contribution in [3.05, 3.63) is 0 Å². The van der Waals surface area contributed by atoms with Gasteiger partial charge in [0.15, 0.2) is 0 Å². The molecule has 0 bridgehead atoms. The summed E-state index contributed by atoms with van der Waals surface area (Å²) < 4.78 is 0. The van der Waals surface area contributed by atoms with Crippen LogP contribution in [0.15, 0.2) is 0 Å². The molecule has 3 nitrogen and oxygen atoms in total. The fourth-order valence-electron chi connectivity index (χ4n) is 3.52. The van der Waals surface area contributed by atoms with Gasteiger partial charge in [-0.2, -0.15) is 0 Å². The lowest BCUT2D eigenvalue weighted by molar-refractivity contribution is -0.110. The highest BCUT2D eigenvalue weighted by molar-refractivity contribution is 4.70. The van der Waals surface area contributed by atoms with Crippen molar-refractivity contribution in [2.45, 2.75) is 95.9 Å². The Hall–Kier alpha value is -0.120. The van der Waals surface area contributed by atoms with Gasteiger partial charge in [-0.05, 0) is 25.7 Å². The summed E-state index contributed by atoms with van der Waals surface area (Å²) in [7, 11) is 0. The van der Waals surface area contributed by atoms with Crippen LogP contribution in [0.5, 0.6) is 0 Å². The van der Waals surface area contributed by atoms with E-state index < -0.39 is 0 Å². The standard InChI is InChI=1S/C17H34N2O/c1-2-5-9-13-17(14-10-6-3-1)19-15-11-7-4-8-12-16-20-18-19/h17-18H,1-16H2. The Bertz CT molecular complexity index is 191. The van der Waals surface area contributed by atoms with E-state index >= 15 is 0 Å². The number of hydrogen-bond acceptors (Lipinski definition) is 3. The van der Waals surface area contributed by atoms with Crippen molar-refractivity contribution in [1.82, 2.24) is 10.6 Å². The van der Waals surface area contributed by atoms with E-state index in [0.717, 1.165) is 13.2 Å². The molecule has 0 aromatic carbocycles. The normalized spacial score (nSPS) is 27.0. The van der Waals surface area contributed by atoms with Crippen LogP contribution in [0.25, 0.3) is 0 Å². The molecule has 1 aliphatic carbocycles. The van der Waals surface area contributed by atoms with Crippen molar-refractivity contribution in [3.8, 4) is 0 Å². The van der Waals surface area contributed by atoms with E-state index in [0.29, 0.717) is 6.04 Å². The van der Waals surface area contributed by atoms with E-state index in [1.807, 2.05) is 0 Å². The summed E-state index contributed by atoms with van der Waals surface area (Å²) in [5.74, 6) is 0. The highest BCUT2D eigenvalue weighted by Gasteiger charge is 2.19. The highest BCUT2D eigenvalue weighted by atomic mass is 16.7. The minimum absolute atomic E-state index is 0.688. The summed E-state index contributed by atoms with van der Waals surface area (Å²) in [5.41, 5.74) is 3.28. The summed E-state index contributed by atoms with van der Waals surface area (Å²) in [5, 5.41) is 2.42. The molecule has 2 aliphatic rings. The van der Waals surface area contributed by atoms with Crippen molar-refractivity contribution < 1.29 is 4.84 Å². The first-order valence-electron chi connectivity index (χ1n) is 9.11. The van der Waals surface area contributed by atoms with Gasteiger partial charge in [0.05, 0.1) is 6.61 Å². The molecule has 0 radical (unpaired) electrons. The molecule has 1 aliphatic heterocycles. The Morgan fingerprint density at radius 2 is 1.20 bits per heavy atom. The van der Waals surface area contributed by atoms with Crippen molar-refractivity contribution in [2.75, 3.05) is 13.2 Å². The molecule has 0 unspecified atom stereocenters. The number of hydrazine groups is 1. The molecule has 0 atom stereocenters. The molecular formula is C17H34N2O. The molecule has 0 aromatic rings. The SMILES string of the molecule is C1CCCCC(N2CCCCCCCON2)CCCC1.